The molecule has 0 rings (SSSR count). The number of carbonyl (C=O) groups is 1. The van der Waals surface area contributed by atoms with Crippen LogP contribution in [0.4, 0.5) is 13.2 Å². The second-order valence-corrected chi connectivity index (χ2v) is 5.16. The molecule has 0 heterocycles. The van der Waals surface area contributed by atoms with Gasteiger partial charge < -0.3 is 11.1 Å². The molecule has 0 aliphatic heterocycles. The molecule has 0 saturated carbocycles. The van der Waals surface area contributed by atoms with Gasteiger partial charge in [-0.15, -0.1) is 12.4 Å². The fourth-order valence-corrected chi connectivity index (χ4v) is 1.16. The highest BCUT2D eigenvalue weighted by Crippen LogP contribution is 2.30. The molecule has 0 aromatic carbocycles. The Kier molecular flexibility index (Phi) is 7.15. The Balaban J connectivity index is 0. The lowest BCUT2D eigenvalue weighted by Crippen LogP contribution is -2.51. The number of hydrogen-bond acceptors (Lipinski definition) is 2. The van der Waals surface area contributed by atoms with Crippen LogP contribution in [-0.4, -0.2) is 24.2 Å². The Morgan fingerprint density at radius 1 is 1.29 bits per heavy atom. The van der Waals surface area contributed by atoms with E-state index in [2.05, 4.69) is 0 Å². The standard InChI is InChI=1S/C10H19F3N2O.ClH/c1-6(14)8(16)15-7(10(11,12)13)5-9(2,3)4;/h6-7H,5,14H2,1-4H3,(H,15,16);1H. The summed E-state index contributed by atoms with van der Waals surface area (Å²) in [5, 5.41) is 1.92. The molecule has 0 spiro atoms. The van der Waals surface area contributed by atoms with E-state index in [4.69, 9.17) is 5.73 Å². The predicted octanol–water partition coefficient (Wildman–Crippen LogP) is 2.24. The van der Waals surface area contributed by atoms with Gasteiger partial charge in [0.05, 0.1) is 6.04 Å². The lowest BCUT2D eigenvalue weighted by atomic mass is 9.87. The maximum atomic E-state index is 12.6. The normalized spacial score (nSPS) is 15.8. The molecule has 0 aromatic heterocycles. The van der Waals surface area contributed by atoms with Gasteiger partial charge in [0.25, 0.3) is 0 Å². The molecule has 3 nitrogen and oxygen atoms in total. The van der Waals surface area contributed by atoms with Crippen LogP contribution < -0.4 is 11.1 Å². The first-order valence-electron chi connectivity index (χ1n) is 5.06. The van der Waals surface area contributed by atoms with Crippen molar-refractivity contribution in [2.75, 3.05) is 0 Å². The first-order valence-corrected chi connectivity index (χ1v) is 5.06. The Morgan fingerprint density at radius 3 is 1.94 bits per heavy atom. The summed E-state index contributed by atoms with van der Waals surface area (Å²) < 4.78 is 37.9. The largest absolute Gasteiger partial charge is 0.408 e. The lowest BCUT2D eigenvalue weighted by Gasteiger charge is -2.28. The summed E-state index contributed by atoms with van der Waals surface area (Å²) in [6, 6.07) is -2.78. The number of carbonyl (C=O) groups excluding carboxylic acids is 1. The van der Waals surface area contributed by atoms with Crippen molar-refractivity contribution in [3.05, 3.63) is 0 Å². The van der Waals surface area contributed by atoms with E-state index in [0.29, 0.717) is 0 Å². The molecule has 17 heavy (non-hydrogen) atoms. The van der Waals surface area contributed by atoms with E-state index in [1.807, 2.05) is 5.32 Å². The van der Waals surface area contributed by atoms with Gasteiger partial charge >= 0.3 is 6.18 Å². The third-order valence-corrected chi connectivity index (χ3v) is 1.94. The fourth-order valence-electron chi connectivity index (χ4n) is 1.16. The summed E-state index contributed by atoms with van der Waals surface area (Å²) in [6.45, 7) is 6.40. The molecule has 104 valence electrons. The van der Waals surface area contributed by atoms with Crippen LogP contribution in [-0.2, 0) is 4.79 Å². The average molecular weight is 277 g/mol. The topological polar surface area (TPSA) is 55.1 Å². The molecule has 0 saturated heterocycles. The average Bonchev–Trinajstić information content (AvgIpc) is 1.98. The quantitative estimate of drug-likeness (QED) is 0.831. The predicted molar refractivity (Wildman–Crippen MR) is 63.0 cm³/mol. The number of rotatable bonds is 3. The third kappa shape index (κ3) is 8.26. The van der Waals surface area contributed by atoms with Gasteiger partial charge in [-0.1, -0.05) is 20.8 Å². The van der Waals surface area contributed by atoms with Crippen molar-refractivity contribution in [1.29, 1.82) is 0 Å². The number of hydrogen-bond donors (Lipinski definition) is 2. The van der Waals surface area contributed by atoms with Crippen molar-refractivity contribution in [2.24, 2.45) is 11.1 Å². The van der Waals surface area contributed by atoms with Gasteiger partial charge in [-0.25, -0.2) is 0 Å². The molecule has 2 atom stereocenters. The molecule has 0 radical (unpaired) electrons. The van der Waals surface area contributed by atoms with Crippen LogP contribution in [0.5, 0.6) is 0 Å². The smallest absolute Gasteiger partial charge is 0.343 e. The zero-order valence-electron chi connectivity index (χ0n) is 10.4. The van der Waals surface area contributed by atoms with Crippen LogP contribution in [0.15, 0.2) is 0 Å². The molecule has 0 aromatic rings. The highest BCUT2D eigenvalue weighted by molar-refractivity contribution is 5.85. The minimum absolute atomic E-state index is 0. The molecule has 0 aliphatic carbocycles. The minimum atomic E-state index is -4.45. The van der Waals surface area contributed by atoms with Gasteiger partial charge in [0.15, 0.2) is 0 Å². The van der Waals surface area contributed by atoms with E-state index in [0.717, 1.165) is 0 Å². The van der Waals surface area contributed by atoms with Gasteiger partial charge in [-0.2, -0.15) is 13.2 Å². The second kappa shape index (κ2) is 6.44. The zero-order valence-corrected chi connectivity index (χ0v) is 11.2. The van der Waals surface area contributed by atoms with E-state index in [1.165, 1.54) is 6.92 Å². The summed E-state index contributed by atoms with van der Waals surface area (Å²) >= 11 is 0. The molecule has 2 unspecified atom stereocenters. The van der Waals surface area contributed by atoms with Crippen LogP contribution in [0.2, 0.25) is 0 Å². The summed E-state index contributed by atoms with van der Waals surface area (Å²) in [7, 11) is 0. The van der Waals surface area contributed by atoms with Crippen molar-refractivity contribution in [3.8, 4) is 0 Å². The van der Waals surface area contributed by atoms with Crippen LogP contribution in [0, 0.1) is 5.41 Å². The van der Waals surface area contributed by atoms with Gasteiger partial charge in [-0.05, 0) is 18.8 Å². The number of halogens is 4. The van der Waals surface area contributed by atoms with Crippen LogP contribution in [0.25, 0.3) is 0 Å². The fraction of sp³-hybridized carbons (Fsp3) is 0.900. The summed E-state index contributed by atoms with van der Waals surface area (Å²) in [4.78, 5) is 11.1. The third-order valence-electron chi connectivity index (χ3n) is 1.94. The SMILES string of the molecule is CC(N)C(=O)NC(CC(C)(C)C)C(F)(F)F.Cl. The van der Waals surface area contributed by atoms with Crippen molar-refractivity contribution in [1.82, 2.24) is 5.32 Å². The van der Waals surface area contributed by atoms with Gasteiger partial charge in [-0.3, -0.25) is 4.79 Å². The molecule has 0 aliphatic rings. The number of nitrogens with one attached hydrogen (secondary N) is 1. The Morgan fingerprint density at radius 2 is 1.71 bits per heavy atom. The molecular weight excluding hydrogens is 257 g/mol. The first-order chi connectivity index (χ1) is 6.93. The molecule has 0 fully saturated rings. The van der Waals surface area contributed by atoms with E-state index in [1.54, 1.807) is 20.8 Å². The zero-order chi connectivity index (χ0) is 13.1. The van der Waals surface area contributed by atoms with Crippen molar-refractivity contribution in [3.63, 3.8) is 0 Å². The van der Waals surface area contributed by atoms with Gasteiger partial charge in [0, 0.05) is 0 Å². The number of alkyl halides is 3. The Hall–Kier alpha value is -0.490. The maximum absolute atomic E-state index is 12.6. The Labute approximate surface area is 106 Å². The second-order valence-electron chi connectivity index (χ2n) is 5.16. The van der Waals surface area contributed by atoms with E-state index < -0.39 is 29.6 Å². The first kappa shape index (κ1) is 18.9. The van der Waals surface area contributed by atoms with Gasteiger partial charge in [0.1, 0.15) is 6.04 Å². The van der Waals surface area contributed by atoms with E-state index in [9.17, 15) is 18.0 Å². The van der Waals surface area contributed by atoms with Crippen LogP contribution in [0.1, 0.15) is 34.1 Å². The van der Waals surface area contributed by atoms with Crippen molar-refractivity contribution < 1.29 is 18.0 Å². The summed E-state index contributed by atoms with van der Waals surface area (Å²) in [5.74, 6) is -0.786. The van der Waals surface area contributed by atoms with Crippen LogP contribution >= 0.6 is 12.4 Å². The van der Waals surface area contributed by atoms with Crippen LogP contribution in [0.3, 0.4) is 0 Å². The number of nitrogens with two attached hydrogens (primary N) is 1. The van der Waals surface area contributed by atoms with Crippen molar-refractivity contribution in [2.45, 2.75) is 52.4 Å². The van der Waals surface area contributed by atoms with E-state index >= 15 is 0 Å². The highest BCUT2D eigenvalue weighted by Gasteiger charge is 2.42. The van der Waals surface area contributed by atoms with E-state index in [-0.39, 0.29) is 18.8 Å². The summed E-state index contributed by atoms with van der Waals surface area (Å²) in [6.07, 6.45) is -4.62. The molecule has 3 N–H and O–H groups in total. The number of amides is 1. The molecule has 0 bridgehead atoms. The summed E-state index contributed by atoms with van der Waals surface area (Å²) in [5.41, 5.74) is 4.69. The molecule has 1 amide bonds. The molecular formula is C10H20ClF3N2O. The Bertz CT molecular complexity index is 249. The maximum Gasteiger partial charge on any atom is 0.408 e. The monoisotopic (exact) mass is 276 g/mol. The lowest BCUT2D eigenvalue weighted by molar-refractivity contribution is -0.167. The minimum Gasteiger partial charge on any atom is -0.343 e. The molecule has 7 heteroatoms. The van der Waals surface area contributed by atoms with Crippen molar-refractivity contribution >= 4 is 18.3 Å². The van der Waals surface area contributed by atoms with Gasteiger partial charge in [0.2, 0.25) is 5.91 Å². The highest BCUT2D eigenvalue weighted by atomic mass is 35.5.